The van der Waals surface area contributed by atoms with E-state index >= 15 is 0 Å². The van der Waals surface area contributed by atoms with Crippen LogP contribution in [-0.4, -0.2) is 50.8 Å². The highest BCUT2D eigenvalue weighted by atomic mass is 16.5. The summed E-state index contributed by atoms with van der Waals surface area (Å²) >= 11 is 0. The Morgan fingerprint density at radius 2 is 2.18 bits per heavy atom. The minimum atomic E-state index is 0.783. The van der Waals surface area contributed by atoms with Crippen molar-refractivity contribution in [1.29, 1.82) is 0 Å². The first kappa shape index (κ1) is 14.9. The minimum absolute atomic E-state index is 0.783. The van der Waals surface area contributed by atoms with Gasteiger partial charge >= 0.3 is 0 Å². The van der Waals surface area contributed by atoms with Crippen molar-refractivity contribution < 1.29 is 4.74 Å². The van der Waals surface area contributed by atoms with Gasteiger partial charge in [-0.25, -0.2) is 0 Å². The van der Waals surface area contributed by atoms with Gasteiger partial charge in [-0.15, -0.1) is 0 Å². The molecule has 0 aromatic rings. The third kappa shape index (κ3) is 6.39. The van der Waals surface area contributed by atoms with Gasteiger partial charge in [-0.05, 0) is 45.8 Å². The lowest BCUT2D eigenvalue weighted by atomic mass is 9.99. The molecule has 1 N–H and O–H groups in total. The Morgan fingerprint density at radius 3 is 2.94 bits per heavy atom. The minimum Gasteiger partial charge on any atom is -0.380 e. The fraction of sp³-hybridized carbons (Fsp3) is 1.00. The molecule has 1 unspecified atom stereocenters. The first-order valence-electron chi connectivity index (χ1n) is 7.35. The van der Waals surface area contributed by atoms with E-state index in [-0.39, 0.29) is 0 Å². The van der Waals surface area contributed by atoms with Crippen molar-refractivity contribution in [3.8, 4) is 0 Å². The average molecular weight is 242 g/mol. The summed E-state index contributed by atoms with van der Waals surface area (Å²) in [5.74, 6) is 0. The topological polar surface area (TPSA) is 24.5 Å². The lowest BCUT2D eigenvalue weighted by Gasteiger charge is -2.35. The molecule has 3 heteroatoms. The zero-order valence-electron chi connectivity index (χ0n) is 11.7. The maximum Gasteiger partial charge on any atom is 0.0593 e. The van der Waals surface area contributed by atoms with Gasteiger partial charge < -0.3 is 10.1 Å². The van der Waals surface area contributed by atoms with Crippen LogP contribution in [0.15, 0.2) is 0 Å². The monoisotopic (exact) mass is 242 g/mol. The van der Waals surface area contributed by atoms with E-state index in [4.69, 9.17) is 4.74 Å². The Morgan fingerprint density at radius 1 is 1.29 bits per heavy atom. The number of nitrogens with zero attached hydrogens (tertiary/aromatic N) is 1. The van der Waals surface area contributed by atoms with E-state index in [0.717, 1.165) is 32.3 Å². The first-order valence-corrected chi connectivity index (χ1v) is 7.35. The molecule has 1 aliphatic rings. The SMILES string of the molecule is CCCCOCCN1CCCCC1CCNC. The molecule has 0 aromatic heterocycles. The number of piperidine rings is 1. The normalized spacial score (nSPS) is 21.9. The lowest BCUT2D eigenvalue weighted by Crippen LogP contribution is -2.42. The summed E-state index contributed by atoms with van der Waals surface area (Å²) in [6, 6.07) is 0.783. The highest BCUT2D eigenvalue weighted by Gasteiger charge is 2.21. The quantitative estimate of drug-likeness (QED) is 0.628. The van der Waals surface area contributed by atoms with Crippen molar-refractivity contribution in [2.24, 2.45) is 0 Å². The van der Waals surface area contributed by atoms with Gasteiger partial charge in [-0.3, -0.25) is 4.90 Å². The number of hydrogen-bond acceptors (Lipinski definition) is 3. The van der Waals surface area contributed by atoms with Gasteiger partial charge in [-0.2, -0.15) is 0 Å². The van der Waals surface area contributed by atoms with E-state index in [1.165, 1.54) is 45.1 Å². The maximum atomic E-state index is 5.67. The predicted octanol–water partition coefficient (Wildman–Crippen LogP) is 2.27. The number of ether oxygens (including phenoxy) is 1. The molecular formula is C14H30N2O. The molecule has 1 aliphatic heterocycles. The molecule has 17 heavy (non-hydrogen) atoms. The molecule has 0 aliphatic carbocycles. The van der Waals surface area contributed by atoms with E-state index in [1.54, 1.807) is 0 Å². The molecular weight excluding hydrogens is 212 g/mol. The third-order valence-corrected chi connectivity index (χ3v) is 3.64. The highest BCUT2D eigenvalue weighted by molar-refractivity contribution is 4.77. The van der Waals surface area contributed by atoms with Gasteiger partial charge in [0, 0.05) is 19.2 Å². The van der Waals surface area contributed by atoms with E-state index in [9.17, 15) is 0 Å². The average Bonchev–Trinajstić information content (AvgIpc) is 2.37. The second-order valence-electron chi connectivity index (χ2n) is 5.04. The molecule has 1 atom stereocenters. The molecule has 0 radical (unpaired) electrons. The van der Waals surface area contributed by atoms with Crippen LogP contribution in [0.2, 0.25) is 0 Å². The summed E-state index contributed by atoms with van der Waals surface area (Å²) in [4.78, 5) is 2.63. The van der Waals surface area contributed by atoms with Crippen LogP contribution >= 0.6 is 0 Å². The molecule has 0 spiro atoms. The summed E-state index contributed by atoms with van der Waals surface area (Å²) in [7, 11) is 2.04. The summed E-state index contributed by atoms with van der Waals surface area (Å²) < 4.78 is 5.67. The molecule has 3 nitrogen and oxygen atoms in total. The number of likely N-dealkylation sites (tertiary alicyclic amines) is 1. The summed E-state index contributed by atoms with van der Waals surface area (Å²) in [5, 5.41) is 3.26. The van der Waals surface area contributed by atoms with E-state index < -0.39 is 0 Å². The molecule has 0 aromatic carbocycles. The van der Waals surface area contributed by atoms with Crippen molar-refractivity contribution in [1.82, 2.24) is 10.2 Å². The molecule has 1 rings (SSSR count). The van der Waals surface area contributed by atoms with Crippen molar-refractivity contribution in [3.63, 3.8) is 0 Å². The van der Waals surface area contributed by atoms with Crippen molar-refractivity contribution in [3.05, 3.63) is 0 Å². The zero-order valence-corrected chi connectivity index (χ0v) is 11.7. The Kier molecular flexibility index (Phi) is 8.67. The smallest absolute Gasteiger partial charge is 0.0593 e. The Bertz CT molecular complexity index is 176. The number of unbranched alkanes of at least 4 members (excludes halogenated alkanes) is 1. The van der Waals surface area contributed by atoms with Crippen molar-refractivity contribution >= 4 is 0 Å². The van der Waals surface area contributed by atoms with Crippen LogP contribution in [0, 0.1) is 0 Å². The van der Waals surface area contributed by atoms with E-state index in [0.29, 0.717) is 0 Å². The van der Waals surface area contributed by atoms with Crippen LogP contribution in [0.3, 0.4) is 0 Å². The summed E-state index contributed by atoms with van der Waals surface area (Å²) in [6.07, 6.45) is 7.85. The van der Waals surface area contributed by atoms with Gasteiger partial charge in [0.2, 0.25) is 0 Å². The lowest BCUT2D eigenvalue weighted by molar-refractivity contribution is 0.0680. The number of hydrogen-bond donors (Lipinski definition) is 1. The van der Waals surface area contributed by atoms with Gasteiger partial charge in [-0.1, -0.05) is 19.8 Å². The van der Waals surface area contributed by atoms with Gasteiger partial charge in [0.15, 0.2) is 0 Å². The van der Waals surface area contributed by atoms with Crippen LogP contribution in [-0.2, 0) is 4.74 Å². The Labute approximate surface area is 107 Å². The summed E-state index contributed by atoms with van der Waals surface area (Å²) in [5.41, 5.74) is 0. The van der Waals surface area contributed by atoms with Crippen LogP contribution < -0.4 is 5.32 Å². The van der Waals surface area contributed by atoms with Gasteiger partial charge in [0.1, 0.15) is 0 Å². The van der Waals surface area contributed by atoms with Crippen molar-refractivity contribution in [2.45, 2.75) is 51.5 Å². The fourth-order valence-corrected chi connectivity index (χ4v) is 2.52. The zero-order chi connectivity index (χ0) is 12.3. The highest BCUT2D eigenvalue weighted by Crippen LogP contribution is 2.18. The molecule has 0 saturated carbocycles. The molecule has 0 amide bonds. The first-order chi connectivity index (χ1) is 8.38. The van der Waals surface area contributed by atoms with Crippen LogP contribution in [0.1, 0.15) is 45.4 Å². The fourth-order valence-electron chi connectivity index (χ4n) is 2.52. The second kappa shape index (κ2) is 9.86. The maximum absolute atomic E-state index is 5.67. The predicted molar refractivity (Wildman–Crippen MR) is 73.5 cm³/mol. The molecule has 102 valence electrons. The molecule has 0 bridgehead atoms. The van der Waals surface area contributed by atoms with Crippen LogP contribution in [0.25, 0.3) is 0 Å². The largest absolute Gasteiger partial charge is 0.380 e. The Hall–Kier alpha value is -0.120. The van der Waals surface area contributed by atoms with E-state index in [2.05, 4.69) is 17.1 Å². The number of rotatable bonds is 9. The number of nitrogens with one attached hydrogen (secondary N) is 1. The van der Waals surface area contributed by atoms with Crippen molar-refractivity contribution in [2.75, 3.05) is 39.9 Å². The van der Waals surface area contributed by atoms with Gasteiger partial charge in [0.05, 0.1) is 6.61 Å². The standard InChI is InChI=1S/C14H30N2O/c1-3-4-12-17-13-11-16-10-6-5-7-14(16)8-9-15-2/h14-15H,3-13H2,1-2H3. The van der Waals surface area contributed by atoms with Gasteiger partial charge in [0.25, 0.3) is 0 Å². The summed E-state index contributed by atoms with van der Waals surface area (Å²) in [6.45, 7) is 7.59. The molecule has 1 heterocycles. The van der Waals surface area contributed by atoms with Crippen LogP contribution in [0.4, 0.5) is 0 Å². The van der Waals surface area contributed by atoms with E-state index in [1.807, 2.05) is 7.05 Å². The second-order valence-corrected chi connectivity index (χ2v) is 5.04. The third-order valence-electron chi connectivity index (χ3n) is 3.64. The van der Waals surface area contributed by atoms with Crippen LogP contribution in [0.5, 0.6) is 0 Å². The molecule has 1 saturated heterocycles. The molecule has 1 fully saturated rings. The Balaban J connectivity index is 2.13.